The summed E-state index contributed by atoms with van der Waals surface area (Å²) in [7, 11) is 0. The lowest BCUT2D eigenvalue weighted by atomic mass is 10.1. The number of nitrogens with one attached hydrogen (secondary N) is 1. The highest BCUT2D eigenvalue weighted by Gasteiger charge is 2.30. The standard InChI is InChI=1S/C26H18ClF3N4O3S/c1-14-22(38-24(32-14)15-5-7-16(8-6-15)26(28,29)30)21(12-17-4-2-3-11-31-17)36-18-9-10-19(20(27)13-18)23-33-25(35)37-34-23/h2-11,13,21H,12H2,1H3,(H,33,34,35). The zero-order valence-corrected chi connectivity index (χ0v) is 21.2. The molecule has 0 saturated carbocycles. The molecule has 0 aliphatic heterocycles. The summed E-state index contributed by atoms with van der Waals surface area (Å²) >= 11 is 7.78. The van der Waals surface area contributed by atoms with E-state index in [1.54, 1.807) is 24.4 Å². The predicted octanol–water partition coefficient (Wildman–Crippen LogP) is 6.89. The molecule has 0 aliphatic carbocycles. The zero-order valence-electron chi connectivity index (χ0n) is 19.6. The van der Waals surface area contributed by atoms with Crippen LogP contribution in [0.5, 0.6) is 5.75 Å². The number of ether oxygens (including phenoxy) is 1. The van der Waals surface area contributed by atoms with E-state index in [0.717, 1.165) is 22.7 Å². The van der Waals surface area contributed by atoms with E-state index in [0.29, 0.717) is 34.0 Å². The summed E-state index contributed by atoms with van der Waals surface area (Å²) in [4.78, 5) is 23.6. The van der Waals surface area contributed by atoms with E-state index < -0.39 is 23.6 Å². The summed E-state index contributed by atoms with van der Waals surface area (Å²) in [5.74, 6) is -0.0539. The number of aromatic nitrogens is 4. The van der Waals surface area contributed by atoms with Gasteiger partial charge in [0.15, 0.2) is 5.82 Å². The molecule has 194 valence electrons. The van der Waals surface area contributed by atoms with Gasteiger partial charge in [-0.1, -0.05) is 35.0 Å². The first-order chi connectivity index (χ1) is 18.2. The molecule has 5 rings (SSSR count). The van der Waals surface area contributed by atoms with Gasteiger partial charge in [-0.15, -0.1) is 11.3 Å². The Morgan fingerprint density at radius 1 is 1.13 bits per heavy atom. The maximum Gasteiger partial charge on any atom is 0.439 e. The molecule has 0 spiro atoms. The van der Waals surface area contributed by atoms with Crippen LogP contribution in [0.4, 0.5) is 13.2 Å². The maximum atomic E-state index is 13.0. The third kappa shape index (κ3) is 5.63. The molecule has 12 heteroatoms. The molecule has 0 fully saturated rings. The zero-order chi connectivity index (χ0) is 26.9. The van der Waals surface area contributed by atoms with Gasteiger partial charge in [0.1, 0.15) is 16.9 Å². The fourth-order valence-corrected chi connectivity index (χ4v) is 5.16. The van der Waals surface area contributed by atoms with Gasteiger partial charge >= 0.3 is 11.9 Å². The van der Waals surface area contributed by atoms with Gasteiger partial charge in [0, 0.05) is 29.4 Å². The minimum absolute atomic E-state index is 0.191. The summed E-state index contributed by atoms with van der Waals surface area (Å²) in [6.45, 7) is 1.82. The number of benzene rings is 2. The minimum atomic E-state index is -4.41. The highest BCUT2D eigenvalue weighted by molar-refractivity contribution is 7.15. The molecule has 3 heterocycles. The number of alkyl halides is 3. The van der Waals surface area contributed by atoms with E-state index >= 15 is 0 Å². The number of rotatable bonds is 7. The number of halogens is 4. The molecule has 0 aliphatic rings. The average molecular weight is 559 g/mol. The van der Waals surface area contributed by atoms with Crippen LogP contribution in [0.1, 0.15) is 27.9 Å². The third-order valence-corrected chi connectivity index (χ3v) is 7.23. The van der Waals surface area contributed by atoms with E-state index in [1.807, 2.05) is 25.1 Å². The number of aromatic amines is 1. The molecule has 1 unspecified atom stereocenters. The molecule has 38 heavy (non-hydrogen) atoms. The average Bonchev–Trinajstić information content (AvgIpc) is 3.49. The van der Waals surface area contributed by atoms with E-state index in [1.165, 1.54) is 23.5 Å². The first-order valence-corrected chi connectivity index (χ1v) is 12.4. The van der Waals surface area contributed by atoms with E-state index in [4.69, 9.17) is 16.3 Å². The van der Waals surface area contributed by atoms with Crippen molar-refractivity contribution in [3.63, 3.8) is 0 Å². The molecule has 0 bridgehead atoms. The molecule has 7 nitrogen and oxygen atoms in total. The molecule has 0 radical (unpaired) electrons. The van der Waals surface area contributed by atoms with Crippen LogP contribution in [0.25, 0.3) is 22.0 Å². The lowest BCUT2D eigenvalue weighted by Gasteiger charge is -2.19. The summed E-state index contributed by atoms with van der Waals surface area (Å²) in [6, 6.07) is 15.4. The van der Waals surface area contributed by atoms with Gasteiger partial charge in [-0.25, -0.2) is 9.78 Å². The smallest absolute Gasteiger partial charge is 0.439 e. The molecule has 0 saturated heterocycles. The van der Waals surface area contributed by atoms with Crippen molar-refractivity contribution < 1.29 is 22.4 Å². The molecular formula is C26H18ClF3N4O3S. The lowest BCUT2D eigenvalue weighted by Crippen LogP contribution is -2.12. The van der Waals surface area contributed by atoms with Crippen molar-refractivity contribution in [2.45, 2.75) is 25.6 Å². The van der Waals surface area contributed by atoms with Crippen molar-refractivity contribution in [2.24, 2.45) is 0 Å². The Morgan fingerprint density at radius 2 is 1.92 bits per heavy atom. The summed E-state index contributed by atoms with van der Waals surface area (Å²) < 4.78 is 49.9. The van der Waals surface area contributed by atoms with Gasteiger partial charge in [-0.2, -0.15) is 13.2 Å². The normalized spacial score (nSPS) is 12.4. The van der Waals surface area contributed by atoms with Crippen molar-refractivity contribution in [3.05, 3.63) is 104 Å². The molecule has 3 aromatic heterocycles. The predicted molar refractivity (Wildman–Crippen MR) is 136 cm³/mol. The Balaban J connectivity index is 1.47. The lowest BCUT2D eigenvalue weighted by molar-refractivity contribution is -0.137. The van der Waals surface area contributed by atoms with E-state index in [2.05, 4.69) is 24.6 Å². The Bertz CT molecular complexity index is 1620. The van der Waals surface area contributed by atoms with E-state index in [9.17, 15) is 18.0 Å². The molecule has 1 N–H and O–H groups in total. The quantitative estimate of drug-likeness (QED) is 0.234. The number of hydrogen-bond acceptors (Lipinski definition) is 7. The van der Waals surface area contributed by atoms with Crippen LogP contribution in [-0.4, -0.2) is 20.1 Å². The van der Waals surface area contributed by atoms with Crippen LogP contribution in [0, 0.1) is 6.92 Å². The van der Waals surface area contributed by atoms with Gasteiger partial charge in [0.25, 0.3) is 0 Å². The fraction of sp³-hybridized carbons (Fsp3) is 0.154. The van der Waals surface area contributed by atoms with Crippen molar-refractivity contribution in [1.29, 1.82) is 0 Å². The van der Waals surface area contributed by atoms with Crippen LogP contribution in [0.3, 0.4) is 0 Å². The third-order valence-electron chi connectivity index (χ3n) is 5.62. The SMILES string of the molecule is Cc1nc(-c2ccc(C(F)(F)F)cc2)sc1C(Cc1ccccn1)Oc1ccc(-c2noc(=O)[nH]2)c(Cl)c1. The number of H-pyrrole nitrogens is 1. The number of pyridine rings is 1. The van der Waals surface area contributed by atoms with Crippen LogP contribution in [0.15, 0.2) is 76.2 Å². The second-order valence-electron chi connectivity index (χ2n) is 8.26. The summed E-state index contributed by atoms with van der Waals surface area (Å²) in [5.41, 5.74) is 1.78. The molecule has 0 amide bonds. The molecular weight excluding hydrogens is 541 g/mol. The van der Waals surface area contributed by atoms with Crippen LogP contribution >= 0.6 is 22.9 Å². The second-order valence-corrected chi connectivity index (χ2v) is 9.70. The van der Waals surface area contributed by atoms with E-state index in [-0.39, 0.29) is 10.8 Å². The van der Waals surface area contributed by atoms with Gasteiger partial charge in [0.05, 0.1) is 21.2 Å². The minimum Gasteiger partial charge on any atom is -0.484 e. The second kappa shape index (κ2) is 10.4. The largest absolute Gasteiger partial charge is 0.484 e. The van der Waals surface area contributed by atoms with Gasteiger partial charge < -0.3 is 4.74 Å². The Kier molecular flexibility index (Phi) is 7.04. The number of aryl methyl sites for hydroxylation is 1. The Hall–Kier alpha value is -3.96. The number of thiazole rings is 1. The molecule has 5 aromatic rings. The number of hydrogen-bond donors (Lipinski definition) is 1. The fourth-order valence-electron chi connectivity index (χ4n) is 3.80. The van der Waals surface area contributed by atoms with Crippen LogP contribution in [0.2, 0.25) is 5.02 Å². The van der Waals surface area contributed by atoms with Crippen LogP contribution < -0.4 is 10.5 Å². The first kappa shape index (κ1) is 25.7. The van der Waals surface area contributed by atoms with Crippen molar-refractivity contribution in [2.75, 3.05) is 0 Å². The highest BCUT2D eigenvalue weighted by Crippen LogP contribution is 2.38. The Labute approximate surface area is 222 Å². The molecule has 1 atom stereocenters. The highest BCUT2D eigenvalue weighted by atomic mass is 35.5. The van der Waals surface area contributed by atoms with Gasteiger partial charge in [-0.05, 0) is 49.4 Å². The summed E-state index contributed by atoms with van der Waals surface area (Å²) in [6.07, 6.45) is -2.83. The summed E-state index contributed by atoms with van der Waals surface area (Å²) in [5, 5.41) is 4.52. The van der Waals surface area contributed by atoms with Gasteiger partial charge in [0.2, 0.25) is 0 Å². The van der Waals surface area contributed by atoms with Crippen LogP contribution in [-0.2, 0) is 12.6 Å². The Morgan fingerprint density at radius 3 is 2.55 bits per heavy atom. The van der Waals surface area contributed by atoms with Crippen molar-refractivity contribution >= 4 is 22.9 Å². The monoisotopic (exact) mass is 558 g/mol. The number of nitrogens with zero attached hydrogens (tertiary/aromatic N) is 3. The first-order valence-electron chi connectivity index (χ1n) is 11.2. The van der Waals surface area contributed by atoms with Crippen molar-refractivity contribution in [3.8, 4) is 27.7 Å². The molecule has 2 aromatic carbocycles. The maximum absolute atomic E-state index is 13.0. The van der Waals surface area contributed by atoms with Crippen molar-refractivity contribution in [1.82, 2.24) is 20.1 Å². The van der Waals surface area contributed by atoms with Gasteiger partial charge in [-0.3, -0.25) is 14.5 Å². The topological polar surface area (TPSA) is 93.9 Å².